The summed E-state index contributed by atoms with van der Waals surface area (Å²) in [5.74, 6) is -0.129. The zero-order valence-electron chi connectivity index (χ0n) is 11.7. The van der Waals surface area contributed by atoms with Crippen molar-refractivity contribution in [3.8, 4) is 0 Å². The molecule has 1 atom stereocenters. The average Bonchev–Trinajstić information content (AvgIpc) is 2.30. The Morgan fingerprint density at radius 3 is 2.78 bits per heavy atom. The highest BCUT2D eigenvalue weighted by atomic mass is 16.5. The number of esters is 1. The third-order valence-corrected chi connectivity index (χ3v) is 2.75. The van der Waals surface area contributed by atoms with Gasteiger partial charge in [-0.25, -0.2) is 0 Å². The standard InChI is InChI=1S/C16H22O2/c1-5-6-16(17)18-14(4)9-10-15-11-12(2)7-8-13(15)3/h7-11,14H,5-6H2,1-4H3/b10-9+. The number of hydrogen-bond acceptors (Lipinski definition) is 2. The van der Waals surface area contributed by atoms with Crippen molar-refractivity contribution < 1.29 is 9.53 Å². The lowest BCUT2D eigenvalue weighted by atomic mass is 10.0. The van der Waals surface area contributed by atoms with E-state index in [2.05, 4.69) is 32.0 Å². The third-order valence-electron chi connectivity index (χ3n) is 2.75. The topological polar surface area (TPSA) is 26.3 Å². The van der Waals surface area contributed by atoms with E-state index in [4.69, 9.17) is 4.74 Å². The van der Waals surface area contributed by atoms with Gasteiger partial charge >= 0.3 is 5.97 Å². The monoisotopic (exact) mass is 246 g/mol. The van der Waals surface area contributed by atoms with Gasteiger partial charge in [-0.15, -0.1) is 0 Å². The van der Waals surface area contributed by atoms with E-state index in [1.165, 1.54) is 16.7 Å². The first-order chi connectivity index (χ1) is 8.52. The van der Waals surface area contributed by atoms with Crippen molar-refractivity contribution in [2.75, 3.05) is 0 Å². The van der Waals surface area contributed by atoms with Crippen molar-refractivity contribution in [1.82, 2.24) is 0 Å². The molecule has 0 bridgehead atoms. The van der Waals surface area contributed by atoms with Gasteiger partial charge in [-0.1, -0.05) is 36.8 Å². The van der Waals surface area contributed by atoms with Crippen molar-refractivity contribution in [1.29, 1.82) is 0 Å². The molecule has 2 nitrogen and oxygen atoms in total. The zero-order valence-corrected chi connectivity index (χ0v) is 11.7. The van der Waals surface area contributed by atoms with Crippen LogP contribution in [0.1, 0.15) is 43.4 Å². The summed E-state index contributed by atoms with van der Waals surface area (Å²) in [5, 5.41) is 0. The molecule has 0 aliphatic rings. The van der Waals surface area contributed by atoms with Crippen LogP contribution in [0.2, 0.25) is 0 Å². The Morgan fingerprint density at radius 2 is 2.11 bits per heavy atom. The van der Waals surface area contributed by atoms with Crippen LogP contribution in [-0.2, 0) is 9.53 Å². The molecule has 1 unspecified atom stereocenters. The molecule has 0 aromatic heterocycles. The smallest absolute Gasteiger partial charge is 0.306 e. The Hall–Kier alpha value is -1.57. The fourth-order valence-electron chi connectivity index (χ4n) is 1.69. The maximum absolute atomic E-state index is 11.3. The predicted molar refractivity (Wildman–Crippen MR) is 75.4 cm³/mol. The number of carbonyl (C=O) groups is 1. The van der Waals surface area contributed by atoms with Gasteiger partial charge in [0, 0.05) is 6.42 Å². The number of ether oxygens (including phenoxy) is 1. The van der Waals surface area contributed by atoms with Crippen molar-refractivity contribution in [3.63, 3.8) is 0 Å². The van der Waals surface area contributed by atoms with Crippen LogP contribution < -0.4 is 0 Å². The Balaban J connectivity index is 2.63. The quantitative estimate of drug-likeness (QED) is 0.733. The summed E-state index contributed by atoms with van der Waals surface area (Å²) in [6.45, 7) is 8.00. The van der Waals surface area contributed by atoms with Gasteiger partial charge in [-0.05, 0) is 44.4 Å². The van der Waals surface area contributed by atoms with Crippen molar-refractivity contribution in [2.45, 2.75) is 46.6 Å². The summed E-state index contributed by atoms with van der Waals surface area (Å²) in [4.78, 5) is 11.3. The minimum absolute atomic E-state index is 0.129. The number of rotatable bonds is 5. The zero-order chi connectivity index (χ0) is 13.5. The van der Waals surface area contributed by atoms with E-state index < -0.39 is 0 Å². The second kappa shape index (κ2) is 7.00. The van der Waals surface area contributed by atoms with Gasteiger partial charge < -0.3 is 4.74 Å². The number of aryl methyl sites for hydroxylation is 2. The maximum Gasteiger partial charge on any atom is 0.306 e. The largest absolute Gasteiger partial charge is 0.458 e. The van der Waals surface area contributed by atoms with E-state index in [1.54, 1.807) is 0 Å². The minimum atomic E-state index is -0.177. The Morgan fingerprint density at radius 1 is 1.39 bits per heavy atom. The van der Waals surface area contributed by atoms with Crippen LogP contribution in [0, 0.1) is 13.8 Å². The van der Waals surface area contributed by atoms with E-state index >= 15 is 0 Å². The fourth-order valence-corrected chi connectivity index (χ4v) is 1.69. The molecule has 2 heteroatoms. The molecular weight excluding hydrogens is 224 g/mol. The Bertz CT molecular complexity index is 433. The normalized spacial score (nSPS) is 12.7. The first-order valence-corrected chi connectivity index (χ1v) is 6.48. The molecule has 1 rings (SSSR count). The molecule has 0 saturated heterocycles. The Kier molecular flexibility index (Phi) is 5.63. The molecule has 1 aromatic carbocycles. The Labute approximate surface area is 110 Å². The summed E-state index contributed by atoms with van der Waals surface area (Å²) in [5.41, 5.74) is 3.63. The van der Waals surface area contributed by atoms with Crippen LogP contribution >= 0.6 is 0 Å². The second-order valence-corrected chi connectivity index (χ2v) is 4.66. The average molecular weight is 246 g/mol. The maximum atomic E-state index is 11.3. The lowest BCUT2D eigenvalue weighted by Gasteiger charge is -2.09. The van der Waals surface area contributed by atoms with E-state index in [1.807, 2.05) is 26.0 Å². The highest BCUT2D eigenvalue weighted by Gasteiger charge is 2.05. The molecule has 0 radical (unpaired) electrons. The SMILES string of the molecule is CCCC(=O)OC(C)/C=C/c1cc(C)ccc1C. The minimum Gasteiger partial charge on any atom is -0.458 e. The van der Waals surface area contributed by atoms with Gasteiger partial charge in [0.25, 0.3) is 0 Å². The van der Waals surface area contributed by atoms with E-state index in [0.29, 0.717) is 6.42 Å². The molecule has 0 spiro atoms. The van der Waals surface area contributed by atoms with Crippen LogP contribution in [0.25, 0.3) is 6.08 Å². The van der Waals surface area contributed by atoms with Gasteiger partial charge in [0.05, 0.1) is 0 Å². The third kappa shape index (κ3) is 4.74. The molecule has 0 amide bonds. The van der Waals surface area contributed by atoms with E-state index in [9.17, 15) is 4.79 Å². The molecule has 0 N–H and O–H groups in total. The van der Waals surface area contributed by atoms with Gasteiger partial charge in [0.15, 0.2) is 0 Å². The molecule has 0 heterocycles. The molecule has 0 fully saturated rings. The lowest BCUT2D eigenvalue weighted by molar-refractivity contribution is -0.146. The van der Waals surface area contributed by atoms with Gasteiger partial charge in [-0.2, -0.15) is 0 Å². The van der Waals surface area contributed by atoms with E-state index in [-0.39, 0.29) is 12.1 Å². The van der Waals surface area contributed by atoms with Gasteiger partial charge in [-0.3, -0.25) is 4.79 Å². The van der Waals surface area contributed by atoms with Crippen LogP contribution in [0.4, 0.5) is 0 Å². The first kappa shape index (κ1) is 14.5. The summed E-state index contributed by atoms with van der Waals surface area (Å²) < 4.78 is 5.26. The van der Waals surface area contributed by atoms with Crippen LogP contribution in [0.3, 0.4) is 0 Å². The second-order valence-electron chi connectivity index (χ2n) is 4.66. The molecule has 98 valence electrons. The number of carbonyl (C=O) groups excluding carboxylic acids is 1. The molecule has 0 aliphatic heterocycles. The molecule has 0 aliphatic carbocycles. The number of benzene rings is 1. The van der Waals surface area contributed by atoms with Crippen molar-refractivity contribution in [2.24, 2.45) is 0 Å². The lowest BCUT2D eigenvalue weighted by Crippen LogP contribution is -2.11. The summed E-state index contributed by atoms with van der Waals surface area (Å²) in [6, 6.07) is 6.33. The summed E-state index contributed by atoms with van der Waals surface area (Å²) in [6.07, 6.45) is 5.08. The molecule has 0 saturated carbocycles. The first-order valence-electron chi connectivity index (χ1n) is 6.48. The highest BCUT2D eigenvalue weighted by Crippen LogP contribution is 2.13. The van der Waals surface area contributed by atoms with Gasteiger partial charge in [0.1, 0.15) is 6.10 Å². The van der Waals surface area contributed by atoms with Crippen molar-refractivity contribution >= 4 is 12.0 Å². The van der Waals surface area contributed by atoms with Crippen LogP contribution in [0.5, 0.6) is 0 Å². The predicted octanol–water partition coefficient (Wildman–Crippen LogP) is 4.05. The molecule has 1 aromatic rings. The van der Waals surface area contributed by atoms with Gasteiger partial charge in [0.2, 0.25) is 0 Å². The highest BCUT2D eigenvalue weighted by molar-refractivity contribution is 5.69. The molecular formula is C16H22O2. The summed E-state index contributed by atoms with van der Waals surface area (Å²) >= 11 is 0. The van der Waals surface area contributed by atoms with Crippen LogP contribution in [-0.4, -0.2) is 12.1 Å². The molecule has 18 heavy (non-hydrogen) atoms. The fraction of sp³-hybridized carbons (Fsp3) is 0.438. The van der Waals surface area contributed by atoms with Crippen molar-refractivity contribution in [3.05, 3.63) is 41.0 Å². The van der Waals surface area contributed by atoms with E-state index in [0.717, 1.165) is 6.42 Å². The number of hydrogen-bond donors (Lipinski definition) is 0. The summed E-state index contributed by atoms with van der Waals surface area (Å²) in [7, 11) is 0. The van der Waals surface area contributed by atoms with Crippen LogP contribution in [0.15, 0.2) is 24.3 Å².